The first kappa shape index (κ1) is 19.4. The number of ether oxygens (including phenoxy) is 1. The molecule has 0 saturated heterocycles. The number of amides is 2. The predicted octanol–water partition coefficient (Wildman–Crippen LogP) is 4.59. The fraction of sp³-hybridized carbons (Fsp3) is 0.333. The second kappa shape index (κ2) is 7.97. The number of allylic oxidation sites excluding steroid dienone is 2. The number of nitrogens with one attached hydrogen (secondary N) is 2. The van der Waals surface area contributed by atoms with E-state index in [-0.39, 0.29) is 5.91 Å². The van der Waals surface area contributed by atoms with Gasteiger partial charge in [-0.25, -0.2) is 4.79 Å². The molecule has 1 aromatic rings. The third-order valence-electron chi connectivity index (χ3n) is 3.24. The van der Waals surface area contributed by atoms with Gasteiger partial charge in [-0.15, -0.1) is 0 Å². The zero-order chi connectivity index (χ0) is 18.6. The molecule has 25 heavy (non-hydrogen) atoms. The molecular formula is C18H23ClN2O3S. The van der Waals surface area contributed by atoms with Crippen molar-refractivity contribution < 1.29 is 14.3 Å². The van der Waals surface area contributed by atoms with E-state index >= 15 is 0 Å². The lowest BCUT2D eigenvalue weighted by Crippen LogP contribution is -2.44. The average Bonchev–Trinajstić information content (AvgIpc) is 3.01. The van der Waals surface area contributed by atoms with Gasteiger partial charge in [0.1, 0.15) is 11.6 Å². The number of carbonyl (C=O) groups excluding carboxylic acids is 2. The summed E-state index contributed by atoms with van der Waals surface area (Å²) in [6.07, 6.45) is 3.39. The summed E-state index contributed by atoms with van der Waals surface area (Å²) in [6, 6.07) is 4.82. The van der Waals surface area contributed by atoms with Gasteiger partial charge < -0.3 is 15.4 Å². The Morgan fingerprint density at radius 1 is 1.20 bits per heavy atom. The molecule has 0 spiro atoms. The third-order valence-corrected chi connectivity index (χ3v) is 5.41. The second-order valence-corrected chi connectivity index (χ2v) is 8.95. The van der Waals surface area contributed by atoms with Crippen molar-refractivity contribution in [2.24, 2.45) is 0 Å². The first-order valence-corrected chi connectivity index (χ1v) is 9.75. The van der Waals surface area contributed by atoms with Crippen LogP contribution in [0.1, 0.15) is 27.7 Å². The zero-order valence-corrected chi connectivity index (χ0v) is 16.3. The minimum atomic E-state index is -0.754. The molecule has 1 aromatic carbocycles. The number of hydrogen-bond donors (Lipinski definition) is 3. The third kappa shape index (κ3) is 5.83. The van der Waals surface area contributed by atoms with Crippen LogP contribution < -0.4 is 10.6 Å². The van der Waals surface area contributed by atoms with Crippen LogP contribution in [-0.4, -0.2) is 23.6 Å². The number of alkyl carbamates (subject to hydrolysis) is 1. The average molecular weight is 383 g/mol. The van der Waals surface area contributed by atoms with Gasteiger partial charge in [-0.1, -0.05) is 23.8 Å². The highest BCUT2D eigenvalue weighted by Gasteiger charge is 2.21. The Bertz CT molecular complexity index is 714. The van der Waals surface area contributed by atoms with Gasteiger partial charge in [0.25, 0.3) is 0 Å². The van der Waals surface area contributed by atoms with Crippen molar-refractivity contribution in [3.8, 4) is 0 Å². The minimum Gasteiger partial charge on any atom is -0.444 e. The van der Waals surface area contributed by atoms with Crippen LogP contribution in [0, 0.1) is 0 Å². The van der Waals surface area contributed by atoms with Crippen LogP contribution in [-0.2, 0) is 9.53 Å². The smallest absolute Gasteiger partial charge is 0.408 e. The summed E-state index contributed by atoms with van der Waals surface area (Å²) in [5, 5.41) is 9.95. The molecule has 0 aromatic heterocycles. The number of thiol groups is 1. The molecule has 0 bridgehead atoms. The minimum absolute atomic E-state index is 0.369. The molecule has 1 aliphatic heterocycles. The molecular weight excluding hydrogens is 360 g/mol. The van der Waals surface area contributed by atoms with E-state index in [0.717, 1.165) is 4.90 Å². The van der Waals surface area contributed by atoms with Crippen molar-refractivity contribution in [1.29, 1.82) is 0 Å². The van der Waals surface area contributed by atoms with Gasteiger partial charge in [0.2, 0.25) is 5.91 Å². The Kier molecular flexibility index (Phi) is 6.19. The number of benzene rings is 1. The first-order chi connectivity index (χ1) is 11.7. The number of halogens is 1. The number of carbonyl (C=O) groups is 2. The van der Waals surface area contributed by atoms with Crippen molar-refractivity contribution in [3.63, 3.8) is 0 Å². The van der Waals surface area contributed by atoms with Crippen LogP contribution >= 0.6 is 22.5 Å². The molecule has 2 rings (SSSR count). The normalized spacial score (nSPS) is 15.8. The Balaban J connectivity index is 1.96. The van der Waals surface area contributed by atoms with Gasteiger partial charge >= 0.3 is 6.09 Å². The van der Waals surface area contributed by atoms with E-state index < -0.39 is 28.6 Å². The molecule has 2 amide bonds. The molecule has 0 aliphatic carbocycles. The van der Waals surface area contributed by atoms with Crippen LogP contribution in [0.3, 0.4) is 0 Å². The lowest BCUT2D eigenvalue weighted by molar-refractivity contribution is -0.117. The van der Waals surface area contributed by atoms with Gasteiger partial charge in [0.05, 0.1) is 10.7 Å². The maximum atomic E-state index is 12.2. The highest BCUT2D eigenvalue weighted by atomic mass is 35.5. The number of anilines is 1. The molecule has 2 N–H and O–H groups in total. The highest BCUT2D eigenvalue weighted by Crippen LogP contribution is 2.43. The molecule has 0 unspecified atom stereocenters. The van der Waals surface area contributed by atoms with Crippen LogP contribution in [0.25, 0.3) is 0 Å². The van der Waals surface area contributed by atoms with Crippen LogP contribution in [0.15, 0.2) is 46.1 Å². The zero-order valence-electron chi connectivity index (χ0n) is 14.7. The lowest BCUT2D eigenvalue weighted by atomic mass is 10.2. The highest BCUT2D eigenvalue weighted by molar-refractivity contribution is 8.22. The van der Waals surface area contributed by atoms with E-state index in [2.05, 4.69) is 21.4 Å². The molecule has 1 aliphatic rings. The van der Waals surface area contributed by atoms with Gasteiger partial charge in [0, 0.05) is 0 Å². The quantitative estimate of drug-likeness (QED) is 0.667. The molecule has 136 valence electrons. The maximum absolute atomic E-state index is 12.2. The molecule has 5 nitrogen and oxygen atoms in total. The largest absolute Gasteiger partial charge is 0.444 e. The summed E-state index contributed by atoms with van der Waals surface area (Å²) >= 11 is 6.28. The van der Waals surface area contributed by atoms with E-state index in [9.17, 15) is 9.59 Å². The lowest BCUT2D eigenvalue weighted by Gasteiger charge is -2.22. The Morgan fingerprint density at radius 2 is 1.84 bits per heavy atom. The molecule has 0 radical (unpaired) electrons. The van der Waals surface area contributed by atoms with Gasteiger partial charge in [-0.05, 0) is 61.6 Å². The molecule has 0 saturated carbocycles. The van der Waals surface area contributed by atoms with Gasteiger partial charge in [-0.2, -0.15) is 10.9 Å². The van der Waals surface area contributed by atoms with E-state index in [1.54, 1.807) is 33.8 Å². The molecule has 1 heterocycles. The van der Waals surface area contributed by atoms with E-state index in [4.69, 9.17) is 16.3 Å². The summed E-state index contributed by atoms with van der Waals surface area (Å²) < 4.78 is 5.14. The number of hydrogen-bond acceptors (Lipinski definition) is 3. The van der Waals surface area contributed by atoms with Crippen molar-refractivity contribution in [1.82, 2.24) is 5.32 Å². The Morgan fingerprint density at radius 3 is 2.40 bits per heavy atom. The molecule has 7 heteroatoms. The fourth-order valence-corrected chi connectivity index (χ4v) is 3.91. The Labute approximate surface area is 155 Å². The van der Waals surface area contributed by atoms with E-state index in [0.29, 0.717) is 10.7 Å². The maximum Gasteiger partial charge on any atom is 0.408 e. The molecule has 1 atom stereocenters. The van der Waals surface area contributed by atoms with Gasteiger partial charge in [0.15, 0.2) is 0 Å². The standard InChI is InChI=1S/C18H23ClN2O3S/c1-12(20-17(23)24-18(2,3)4)16(22)21-15-8-7-13(11-14(15)19)25-9-5-6-10-25/h5-12,25H,1-4H3,(H,20,23)(H,21,22)/t12-/m1/s1. The number of rotatable bonds is 4. The van der Waals surface area contributed by atoms with Crippen molar-refractivity contribution >= 4 is 40.2 Å². The Hall–Kier alpha value is -1.92. The van der Waals surface area contributed by atoms with Crippen LogP contribution in [0.5, 0.6) is 0 Å². The SMILES string of the molecule is C[C@@H](NC(=O)OC(C)(C)C)C(=O)Nc1ccc([SH]2C=CC=C2)cc1Cl. The van der Waals surface area contributed by atoms with Crippen molar-refractivity contribution in [3.05, 3.63) is 46.2 Å². The van der Waals surface area contributed by atoms with E-state index in [1.165, 1.54) is 0 Å². The second-order valence-electron chi connectivity index (χ2n) is 6.61. The predicted molar refractivity (Wildman–Crippen MR) is 104 cm³/mol. The van der Waals surface area contributed by atoms with Crippen LogP contribution in [0.2, 0.25) is 5.02 Å². The van der Waals surface area contributed by atoms with Crippen molar-refractivity contribution in [2.45, 2.75) is 44.2 Å². The summed E-state index contributed by atoms with van der Waals surface area (Å²) in [6.45, 7) is 6.86. The summed E-state index contributed by atoms with van der Waals surface area (Å²) in [5.74, 6) is -0.369. The molecule has 0 fully saturated rings. The van der Waals surface area contributed by atoms with Gasteiger partial charge in [-0.3, -0.25) is 4.79 Å². The summed E-state index contributed by atoms with van der Waals surface area (Å²) in [5.41, 5.74) is -0.111. The van der Waals surface area contributed by atoms with Crippen LogP contribution in [0.4, 0.5) is 10.5 Å². The fourth-order valence-electron chi connectivity index (χ4n) is 2.06. The summed E-state index contributed by atoms with van der Waals surface area (Å²) in [7, 11) is -0.459. The van der Waals surface area contributed by atoms with Crippen molar-refractivity contribution in [2.75, 3.05) is 5.32 Å². The summed E-state index contributed by atoms with van der Waals surface area (Å²) in [4.78, 5) is 25.1. The van der Waals surface area contributed by atoms with E-state index in [1.807, 2.05) is 24.3 Å². The topological polar surface area (TPSA) is 67.4 Å². The monoisotopic (exact) mass is 382 g/mol. The first-order valence-electron chi connectivity index (χ1n) is 7.89.